The summed E-state index contributed by atoms with van der Waals surface area (Å²) < 4.78 is 3.17. The highest BCUT2D eigenvalue weighted by atomic mass is 79.9. The van der Waals surface area contributed by atoms with Crippen molar-refractivity contribution in [1.82, 2.24) is 4.57 Å². The van der Waals surface area contributed by atoms with Gasteiger partial charge < -0.3 is 4.57 Å². The first kappa shape index (κ1) is 12.3. The molecule has 1 aromatic rings. The minimum Gasteiger partial charge on any atom is -0.313 e. The molecule has 0 spiro atoms. The Labute approximate surface area is 105 Å². The number of nitrogens with zero attached hydrogens (tertiary/aromatic N) is 1. The van der Waals surface area contributed by atoms with Gasteiger partial charge in [-0.25, -0.2) is 0 Å². The van der Waals surface area contributed by atoms with Crippen molar-refractivity contribution in [3.8, 4) is 0 Å². The maximum Gasteiger partial charge on any atom is 0.264 e. The molecule has 78 valence electrons. The van der Waals surface area contributed by atoms with Crippen molar-refractivity contribution in [3.05, 3.63) is 31.6 Å². The summed E-state index contributed by atoms with van der Waals surface area (Å²) in [5.41, 5.74) is 0.00170. The van der Waals surface area contributed by atoms with Gasteiger partial charge in [0, 0.05) is 17.2 Å². The van der Waals surface area contributed by atoms with E-state index < -0.39 is 0 Å². The first-order valence-electron chi connectivity index (χ1n) is 4.21. The van der Waals surface area contributed by atoms with Gasteiger partial charge in [-0.3, -0.25) is 4.79 Å². The molecule has 14 heavy (non-hydrogen) atoms. The number of halogens is 2. The second kappa shape index (κ2) is 5.37. The molecular formula is C9H11Br2NOS. The van der Waals surface area contributed by atoms with Gasteiger partial charge in [-0.05, 0) is 49.6 Å². The fraction of sp³-hybridized carbons (Fsp3) is 0.444. The van der Waals surface area contributed by atoms with E-state index in [0.29, 0.717) is 16.9 Å². The van der Waals surface area contributed by atoms with Crippen molar-refractivity contribution in [2.24, 2.45) is 5.92 Å². The zero-order valence-corrected chi connectivity index (χ0v) is 11.8. The Morgan fingerprint density at radius 3 is 2.79 bits per heavy atom. The fourth-order valence-corrected chi connectivity index (χ4v) is 2.47. The van der Waals surface area contributed by atoms with E-state index in [9.17, 15) is 4.79 Å². The zero-order chi connectivity index (χ0) is 10.7. The number of pyridine rings is 1. The van der Waals surface area contributed by atoms with Crippen LogP contribution in [0.15, 0.2) is 26.0 Å². The Morgan fingerprint density at radius 2 is 2.21 bits per heavy atom. The number of hydrogen-bond donors (Lipinski definition) is 1. The first-order valence-corrected chi connectivity index (χ1v) is 6.42. The average molecular weight is 341 g/mol. The summed E-state index contributed by atoms with van der Waals surface area (Å²) in [4.78, 5) is 11.6. The van der Waals surface area contributed by atoms with E-state index in [1.807, 2.05) is 0 Å². The lowest BCUT2D eigenvalue weighted by molar-refractivity contribution is 0.517. The van der Waals surface area contributed by atoms with Gasteiger partial charge in [0.05, 0.1) is 4.47 Å². The van der Waals surface area contributed by atoms with Crippen LogP contribution in [0.5, 0.6) is 0 Å². The van der Waals surface area contributed by atoms with Crippen LogP contribution < -0.4 is 5.56 Å². The second-order valence-electron chi connectivity index (χ2n) is 3.25. The van der Waals surface area contributed by atoms with Gasteiger partial charge in [0.2, 0.25) is 0 Å². The molecule has 0 fully saturated rings. The van der Waals surface area contributed by atoms with Gasteiger partial charge in [0.25, 0.3) is 5.56 Å². The maximum atomic E-state index is 11.6. The highest BCUT2D eigenvalue weighted by molar-refractivity contribution is 9.11. The summed E-state index contributed by atoms with van der Waals surface area (Å²) >= 11 is 10.8. The van der Waals surface area contributed by atoms with Crippen LogP contribution in [0.4, 0.5) is 0 Å². The number of aromatic nitrogens is 1. The Kier molecular flexibility index (Phi) is 4.73. The van der Waals surface area contributed by atoms with Crippen molar-refractivity contribution in [2.45, 2.75) is 13.5 Å². The Hall–Kier alpha value is 0.260. The monoisotopic (exact) mass is 339 g/mol. The standard InChI is InChI=1S/C9H11Br2NOS/c1-6(5-14)3-12-4-7(10)2-8(11)9(12)13/h2,4,6,14H,3,5H2,1H3. The smallest absolute Gasteiger partial charge is 0.264 e. The van der Waals surface area contributed by atoms with E-state index in [2.05, 4.69) is 51.4 Å². The Bertz CT molecular complexity index is 378. The summed E-state index contributed by atoms with van der Waals surface area (Å²) in [6.45, 7) is 2.76. The van der Waals surface area contributed by atoms with Crippen LogP contribution >= 0.6 is 44.5 Å². The molecule has 0 amide bonds. The third-order valence-electron chi connectivity index (χ3n) is 1.83. The predicted octanol–water partition coefficient (Wildman–Crippen LogP) is 2.94. The van der Waals surface area contributed by atoms with E-state index in [1.54, 1.807) is 16.8 Å². The van der Waals surface area contributed by atoms with Crippen LogP contribution in [-0.2, 0) is 6.54 Å². The maximum absolute atomic E-state index is 11.6. The van der Waals surface area contributed by atoms with Crippen LogP contribution in [0, 0.1) is 5.92 Å². The summed E-state index contributed by atoms with van der Waals surface area (Å²) in [7, 11) is 0. The van der Waals surface area contributed by atoms with E-state index in [-0.39, 0.29) is 5.56 Å². The third kappa shape index (κ3) is 3.14. The molecule has 0 saturated heterocycles. The zero-order valence-electron chi connectivity index (χ0n) is 7.70. The highest BCUT2D eigenvalue weighted by Gasteiger charge is 2.06. The molecule has 0 N–H and O–H groups in total. The van der Waals surface area contributed by atoms with Crippen molar-refractivity contribution in [3.63, 3.8) is 0 Å². The molecule has 1 aromatic heterocycles. The summed E-state index contributed by atoms with van der Waals surface area (Å²) in [6, 6.07) is 1.75. The number of thiol groups is 1. The molecule has 0 aromatic carbocycles. The minimum absolute atomic E-state index is 0.00170. The number of rotatable bonds is 3. The van der Waals surface area contributed by atoms with Crippen LogP contribution in [0.25, 0.3) is 0 Å². The average Bonchev–Trinajstić information content (AvgIpc) is 2.13. The molecule has 0 saturated carbocycles. The van der Waals surface area contributed by atoms with Gasteiger partial charge in [-0.15, -0.1) is 0 Å². The van der Waals surface area contributed by atoms with E-state index in [4.69, 9.17) is 0 Å². The van der Waals surface area contributed by atoms with Gasteiger partial charge >= 0.3 is 0 Å². The molecule has 0 radical (unpaired) electrons. The Morgan fingerprint density at radius 1 is 1.57 bits per heavy atom. The van der Waals surface area contributed by atoms with Gasteiger partial charge in [-0.2, -0.15) is 12.6 Å². The first-order chi connectivity index (χ1) is 6.54. The Balaban J connectivity index is 3.02. The van der Waals surface area contributed by atoms with Crippen LogP contribution in [-0.4, -0.2) is 10.3 Å². The molecule has 1 atom stereocenters. The lowest BCUT2D eigenvalue weighted by Gasteiger charge is -2.11. The van der Waals surface area contributed by atoms with Gasteiger partial charge in [0.15, 0.2) is 0 Å². The highest BCUT2D eigenvalue weighted by Crippen LogP contribution is 2.13. The molecular weight excluding hydrogens is 330 g/mol. The number of hydrogen-bond acceptors (Lipinski definition) is 2. The minimum atomic E-state index is 0.00170. The molecule has 0 aliphatic heterocycles. The van der Waals surface area contributed by atoms with Gasteiger partial charge in [0.1, 0.15) is 0 Å². The van der Waals surface area contributed by atoms with E-state index in [0.717, 1.165) is 10.2 Å². The summed E-state index contributed by atoms with van der Waals surface area (Å²) in [5.74, 6) is 1.16. The SMILES string of the molecule is CC(CS)Cn1cc(Br)cc(Br)c1=O. The predicted molar refractivity (Wildman–Crippen MR) is 69.1 cm³/mol. The quantitative estimate of drug-likeness (QED) is 0.839. The van der Waals surface area contributed by atoms with Gasteiger partial charge in [-0.1, -0.05) is 6.92 Å². The van der Waals surface area contributed by atoms with E-state index in [1.165, 1.54) is 0 Å². The van der Waals surface area contributed by atoms with Crippen molar-refractivity contribution in [1.29, 1.82) is 0 Å². The molecule has 1 heterocycles. The van der Waals surface area contributed by atoms with E-state index >= 15 is 0 Å². The summed E-state index contributed by atoms with van der Waals surface area (Å²) in [6.07, 6.45) is 1.80. The lowest BCUT2D eigenvalue weighted by Crippen LogP contribution is -2.23. The molecule has 5 heteroatoms. The van der Waals surface area contributed by atoms with Crippen LogP contribution in [0.2, 0.25) is 0 Å². The molecule has 1 rings (SSSR count). The van der Waals surface area contributed by atoms with Crippen molar-refractivity contribution in [2.75, 3.05) is 5.75 Å². The largest absolute Gasteiger partial charge is 0.313 e. The summed E-state index contributed by atoms with van der Waals surface area (Å²) in [5, 5.41) is 0. The fourth-order valence-electron chi connectivity index (χ4n) is 1.09. The molecule has 0 aliphatic carbocycles. The third-order valence-corrected chi connectivity index (χ3v) is 3.45. The molecule has 0 bridgehead atoms. The van der Waals surface area contributed by atoms with Crippen molar-refractivity contribution < 1.29 is 0 Å². The normalized spacial score (nSPS) is 12.9. The molecule has 2 nitrogen and oxygen atoms in total. The van der Waals surface area contributed by atoms with Crippen LogP contribution in [0.1, 0.15) is 6.92 Å². The second-order valence-corrected chi connectivity index (χ2v) is 5.39. The molecule has 1 unspecified atom stereocenters. The lowest BCUT2D eigenvalue weighted by atomic mass is 10.2. The molecule has 0 aliphatic rings. The van der Waals surface area contributed by atoms with Crippen LogP contribution in [0.3, 0.4) is 0 Å². The topological polar surface area (TPSA) is 22.0 Å². The van der Waals surface area contributed by atoms with Crippen molar-refractivity contribution >= 4 is 44.5 Å².